The molecule has 1 spiro atoms. The van der Waals surface area contributed by atoms with Gasteiger partial charge in [0.25, 0.3) is 5.91 Å². The lowest BCUT2D eigenvalue weighted by molar-refractivity contribution is -0.138. The van der Waals surface area contributed by atoms with Crippen LogP contribution >= 0.6 is 0 Å². The number of benzene rings is 1. The topological polar surface area (TPSA) is 129 Å². The molecular weight excluding hydrogens is 595 g/mol. The Morgan fingerprint density at radius 1 is 1.15 bits per heavy atom. The predicted molar refractivity (Wildman–Crippen MR) is 168 cm³/mol. The van der Waals surface area contributed by atoms with Gasteiger partial charge < -0.3 is 29.3 Å². The highest BCUT2D eigenvalue weighted by molar-refractivity contribution is 5.97. The van der Waals surface area contributed by atoms with E-state index in [0.717, 1.165) is 12.8 Å². The summed E-state index contributed by atoms with van der Waals surface area (Å²) in [6, 6.07) is 3.08. The van der Waals surface area contributed by atoms with Crippen molar-refractivity contribution in [1.82, 2.24) is 24.7 Å². The van der Waals surface area contributed by atoms with Gasteiger partial charge in [-0.15, -0.1) is 0 Å². The van der Waals surface area contributed by atoms with Gasteiger partial charge in [-0.25, -0.2) is 19.2 Å². The molecule has 0 radical (unpaired) electrons. The zero-order valence-corrected chi connectivity index (χ0v) is 27.5. The van der Waals surface area contributed by atoms with Gasteiger partial charge in [-0.3, -0.25) is 14.5 Å². The van der Waals surface area contributed by atoms with E-state index in [0.29, 0.717) is 44.3 Å². The monoisotopic (exact) mass is 640 g/mol. The minimum absolute atomic E-state index is 0.0189. The summed E-state index contributed by atoms with van der Waals surface area (Å²) >= 11 is 0. The van der Waals surface area contributed by atoms with Crippen LogP contribution in [0, 0.1) is 11.2 Å². The van der Waals surface area contributed by atoms with Crippen LogP contribution in [0.5, 0.6) is 11.5 Å². The molecular formula is C33H45FN6O6. The molecule has 3 fully saturated rings. The minimum Gasteiger partial charge on any atom is -0.451 e. The Kier molecular flexibility index (Phi) is 9.44. The molecule has 0 bridgehead atoms. The molecule has 2 atom stereocenters. The van der Waals surface area contributed by atoms with Crippen molar-refractivity contribution in [2.45, 2.75) is 84.6 Å². The summed E-state index contributed by atoms with van der Waals surface area (Å²) in [5.41, 5.74) is -0.597. The van der Waals surface area contributed by atoms with Crippen LogP contribution in [-0.2, 0) is 9.53 Å². The lowest BCUT2D eigenvalue weighted by Crippen LogP contribution is -2.62. The fourth-order valence-electron chi connectivity index (χ4n) is 6.61. The van der Waals surface area contributed by atoms with Crippen molar-refractivity contribution >= 4 is 23.7 Å². The minimum atomic E-state index is -0.771. The smallest absolute Gasteiger partial charge is 0.411 e. The Labute approximate surface area is 269 Å². The van der Waals surface area contributed by atoms with Crippen molar-refractivity contribution in [3.63, 3.8) is 0 Å². The van der Waals surface area contributed by atoms with Crippen LogP contribution in [0.25, 0.3) is 0 Å². The Morgan fingerprint density at radius 3 is 2.48 bits per heavy atom. The highest BCUT2D eigenvalue weighted by Crippen LogP contribution is 2.45. The number of nitrogens with zero attached hydrogens (tertiary/aromatic N) is 6. The average molecular weight is 641 g/mol. The van der Waals surface area contributed by atoms with Crippen molar-refractivity contribution in [3.05, 3.63) is 42.1 Å². The normalized spacial score (nSPS) is 20.9. The van der Waals surface area contributed by atoms with Gasteiger partial charge in [-0.2, -0.15) is 0 Å². The molecule has 3 aliphatic heterocycles. The summed E-state index contributed by atoms with van der Waals surface area (Å²) in [6.07, 6.45) is 3.36. The number of anilines is 1. The maximum atomic E-state index is 14.3. The molecule has 0 unspecified atom stereocenters. The van der Waals surface area contributed by atoms with Crippen molar-refractivity contribution in [3.8, 4) is 11.5 Å². The number of aliphatic hydroxyl groups excluding tert-OH is 1. The predicted octanol–water partition coefficient (Wildman–Crippen LogP) is 4.08. The Morgan fingerprint density at radius 2 is 1.85 bits per heavy atom. The van der Waals surface area contributed by atoms with Gasteiger partial charge in [0.1, 0.15) is 29.5 Å². The van der Waals surface area contributed by atoms with Crippen molar-refractivity contribution in [2.24, 2.45) is 5.41 Å². The van der Waals surface area contributed by atoms with E-state index in [-0.39, 0.29) is 47.5 Å². The number of rotatable bonds is 7. The molecule has 2 aromatic rings. The van der Waals surface area contributed by atoms with Crippen LogP contribution in [-0.4, -0.2) is 111 Å². The number of hydrogen-bond donors (Lipinski definition) is 1. The second-order valence-electron chi connectivity index (χ2n) is 13.9. The SMILES string of the molecule is CCN(C(=O)c1cc(F)ccc1Oc1cncnc1N1CC2(CCN(C(=O)[C@@H]3C[C@H](O)CN3C(=O)OC(C)(C)C)CC2)C1)C(C)C. The molecule has 0 saturated carbocycles. The number of carbonyl (C=O) groups excluding carboxylic acids is 3. The summed E-state index contributed by atoms with van der Waals surface area (Å²) in [5, 5.41) is 10.3. The first kappa shape index (κ1) is 33.4. The zero-order valence-electron chi connectivity index (χ0n) is 27.5. The van der Waals surface area contributed by atoms with Gasteiger partial charge in [0.15, 0.2) is 11.6 Å². The Bertz CT molecular complexity index is 1450. The number of aliphatic hydroxyl groups is 1. The van der Waals surface area contributed by atoms with Crippen molar-refractivity contribution < 1.29 is 33.4 Å². The number of amides is 3. The first-order valence-corrected chi connectivity index (χ1v) is 16.0. The first-order chi connectivity index (χ1) is 21.7. The van der Waals surface area contributed by atoms with E-state index in [4.69, 9.17) is 9.47 Å². The van der Waals surface area contributed by atoms with E-state index in [1.165, 1.54) is 29.4 Å². The summed E-state index contributed by atoms with van der Waals surface area (Å²) in [5.74, 6) is 0.142. The van der Waals surface area contributed by atoms with Gasteiger partial charge in [0.2, 0.25) is 5.91 Å². The Hall–Kier alpha value is -4.00. The summed E-state index contributed by atoms with van der Waals surface area (Å²) in [4.78, 5) is 55.1. The fraction of sp³-hybridized carbons (Fsp3) is 0.606. The summed E-state index contributed by atoms with van der Waals surface area (Å²) in [7, 11) is 0. The van der Waals surface area contributed by atoms with E-state index in [2.05, 4.69) is 14.9 Å². The molecule has 3 saturated heterocycles. The molecule has 3 aliphatic rings. The molecule has 4 heterocycles. The lowest BCUT2D eigenvalue weighted by atomic mass is 9.72. The van der Waals surface area contributed by atoms with E-state index in [1.807, 2.05) is 20.8 Å². The van der Waals surface area contributed by atoms with E-state index in [1.54, 1.807) is 36.8 Å². The number of halogens is 1. The molecule has 5 rings (SSSR count). The van der Waals surface area contributed by atoms with E-state index >= 15 is 0 Å². The van der Waals surface area contributed by atoms with Crippen LogP contribution in [0.2, 0.25) is 0 Å². The average Bonchev–Trinajstić information content (AvgIpc) is 3.38. The number of aromatic nitrogens is 2. The number of hydrogen-bond acceptors (Lipinski definition) is 9. The summed E-state index contributed by atoms with van der Waals surface area (Å²) < 4.78 is 26.0. The second kappa shape index (κ2) is 13.0. The number of β-amino-alcohol motifs (C(OH)–C–C–N with tert-alkyl or cyclic N) is 1. The third-order valence-corrected chi connectivity index (χ3v) is 8.96. The van der Waals surface area contributed by atoms with Crippen LogP contribution in [0.4, 0.5) is 15.0 Å². The number of ether oxygens (including phenoxy) is 2. The van der Waals surface area contributed by atoms with E-state index < -0.39 is 29.7 Å². The molecule has 1 aromatic heterocycles. The van der Waals surface area contributed by atoms with Crippen LogP contribution < -0.4 is 9.64 Å². The number of carbonyl (C=O) groups is 3. The molecule has 46 heavy (non-hydrogen) atoms. The largest absolute Gasteiger partial charge is 0.451 e. The number of piperidine rings is 1. The Balaban J connectivity index is 1.23. The standard InChI is InChI=1S/C33H45FN6O6/c1-7-39(21(2)3)29(42)24-14-22(34)8-9-26(24)45-27-16-35-20-36-28(27)38-18-33(19-38)10-12-37(13-11-33)30(43)25-15-23(41)17-40(25)31(44)46-32(4,5)6/h8-9,14,16,20-21,23,25,41H,7,10-13,15,17-19H2,1-6H3/t23-,25-/m0/s1. The molecule has 250 valence electrons. The quantitative estimate of drug-likeness (QED) is 0.476. The van der Waals surface area contributed by atoms with Crippen LogP contribution in [0.1, 0.15) is 71.2 Å². The van der Waals surface area contributed by atoms with Gasteiger partial charge in [-0.1, -0.05) is 0 Å². The maximum Gasteiger partial charge on any atom is 0.411 e. The maximum absolute atomic E-state index is 14.3. The third kappa shape index (κ3) is 7.03. The van der Waals surface area contributed by atoms with Gasteiger partial charge >= 0.3 is 6.09 Å². The molecule has 1 N–H and O–H groups in total. The molecule has 12 nitrogen and oxygen atoms in total. The molecule has 1 aromatic carbocycles. The van der Waals surface area contributed by atoms with Crippen molar-refractivity contribution in [2.75, 3.05) is 44.2 Å². The van der Waals surface area contributed by atoms with Gasteiger partial charge in [-0.05, 0) is 72.6 Å². The highest BCUT2D eigenvalue weighted by Gasteiger charge is 2.49. The fourth-order valence-corrected chi connectivity index (χ4v) is 6.61. The van der Waals surface area contributed by atoms with E-state index in [9.17, 15) is 23.9 Å². The molecule has 13 heteroatoms. The number of likely N-dealkylation sites (tertiary alicyclic amines) is 2. The van der Waals surface area contributed by atoms with Crippen LogP contribution in [0.3, 0.4) is 0 Å². The zero-order chi connectivity index (χ0) is 33.4. The lowest BCUT2D eigenvalue weighted by Gasteiger charge is -2.54. The van der Waals surface area contributed by atoms with Gasteiger partial charge in [0.05, 0.1) is 24.4 Å². The van der Waals surface area contributed by atoms with Gasteiger partial charge in [0, 0.05) is 50.6 Å². The highest BCUT2D eigenvalue weighted by atomic mass is 19.1. The first-order valence-electron chi connectivity index (χ1n) is 16.0. The molecule has 3 amide bonds. The second-order valence-corrected chi connectivity index (χ2v) is 13.9. The van der Waals surface area contributed by atoms with Crippen LogP contribution in [0.15, 0.2) is 30.7 Å². The summed E-state index contributed by atoms with van der Waals surface area (Å²) in [6.45, 7) is 14.0. The van der Waals surface area contributed by atoms with Crippen molar-refractivity contribution in [1.29, 1.82) is 0 Å². The molecule has 0 aliphatic carbocycles. The third-order valence-electron chi connectivity index (χ3n) is 8.96.